The lowest BCUT2D eigenvalue weighted by Crippen LogP contribution is -2.17. The molecule has 1 N–H and O–H groups in total. The molecular weight excluding hydrogens is 266 g/mol. The predicted octanol–water partition coefficient (Wildman–Crippen LogP) is 3.09. The summed E-state index contributed by atoms with van der Waals surface area (Å²) < 4.78 is 0.883. The lowest BCUT2D eigenvalue weighted by atomic mass is 10.1. The van der Waals surface area contributed by atoms with E-state index in [-0.39, 0.29) is 0 Å². The third-order valence-electron chi connectivity index (χ3n) is 3.37. The standard InChI is InChI=1S/C12H14BrN3/c1-16-4-2-3-11(16)10-5-8-7-14-12(13)6-9(8)15-10/h5-7,11,15H,2-4H2,1H3/t11-/m1/s1. The van der Waals surface area contributed by atoms with Gasteiger partial charge in [-0.2, -0.15) is 0 Å². The molecule has 1 saturated heterocycles. The summed E-state index contributed by atoms with van der Waals surface area (Å²) >= 11 is 3.40. The Kier molecular flexibility index (Phi) is 2.48. The highest BCUT2D eigenvalue weighted by Gasteiger charge is 2.23. The van der Waals surface area contributed by atoms with E-state index >= 15 is 0 Å². The fourth-order valence-electron chi connectivity index (χ4n) is 2.51. The Labute approximate surface area is 103 Å². The molecule has 0 bridgehead atoms. The van der Waals surface area contributed by atoms with Crippen LogP contribution in [0.3, 0.4) is 0 Å². The first-order valence-corrected chi connectivity index (χ1v) is 6.38. The van der Waals surface area contributed by atoms with Gasteiger partial charge in [0.15, 0.2) is 0 Å². The zero-order chi connectivity index (χ0) is 11.1. The molecule has 4 heteroatoms. The predicted molar refractivity (Wildman–Crippen MR) is 68.4 cm³/mol. The van der Waals surface area contributed by atoms with Gasteiger partial charge in [-0.05, 0) is 54.5 Å². The van der Waals surface area contributed by atoms with E-state index in [1.165, 1.54) is 30.5 Å². The van der Waals surface area contributed by atoms with Crippen LogP contribution in [0.5, 0.6) is 0 Å². The van der Waals surface area contributed by atoms with Crippen molar-refractivity contribution < 1.29 is 0 Å². The van der Waals surface area contributed by atoms with Crippen LogP contribution >= 0.6 is 15.9 Å². The topological polar surface area (TPSA) is 31.9 Å². The molecule has 1 aliphatic heterocycles. The van der Waals surface area contributed by atoms with Gasteiger partial charge in [-0.1, -0.05) is 0 Å². The number of hydrogen-bond acceptors (Lipinski definition) is 2. The SMILES string of the molecule is CN1CCC[C@@H]1c1cc2cnc(Br)cc2[nH]1. The minimum atomic E-state index is 0.547. The van der Waals surface area contributed by atoms with E-state index in [0.29, 0.717) is 6.04 Å². The molecule has 0 amide bonds. The van der Waals surface area contributed by atoms with Gasteiger partial charge in [-0.3, -0.25) is 4.90 Å². The quantitative estimate of drug-likeness (QED) is 0.814. The Balaban J connectivity index is 2.04. The zero-order valence-corrected chi connectivity index (χ0v) is 10.8. The van der Waals surface area contributed by atoms with Gasteiger partial charge in [-0.15, -0.1) is 0 Å². The highest BCUT2D eigenvalue weighted by atomic mass is 79.9. The maximum Gasteiger partial charge on any atom is 0.108 e. The summed E-state index contributed by atoms with van der Waals surface area (Å²) in [6, 6.07) is 4.81. The lowest BCUT2D eigenvalue weighted by Gasteiger charge is -2.17. The summed E-state index contributed by atoms with van der Waals surface area (Å²) in [5.74, 6) is 0. The Morgan fingerprint density at radius 3 is 3.12 bits per heavy atom. The molecular formula is C12H14BrN3. The molecule has 0 aromatic carbocycles. The van der Waals surface area contributed by atoms with Crippen molar-refractivity contribution in [1.29, 1.82) is 0 Å². The van der Waals surface area contributed by atoms with E-state index in [2.05, 4.69) is 43.9 Å². The fourth-order valence-corrected chi connectivity index (χ4v) is 2.84. The number of halogens is 1. The van der Waals surface area contributed by atoms with Gasteiger partial charge < -0.3 is 4.98 Å². The molecule has 0 radical (unpaired) electrons. The number of likely N-dealkylation sites (tertiary alicyclic amines) is 1. The van der Waals surface area contributed by atoms with Crippen molar-refractivity contribution >= 4 is 26.8 Å². The monoisotopic (exact) mass is 279 g/mol. The molecule has 0 spiro atoms. The summed E-state index contributed by atoms with van der Waals surface area (Å²) in [4.78, 5) is 10.2. The minimum Gasteiger partial charge on any atom is -0.357 e. The van der Waals surface area contributed by atoms with Crippen LogP contribution in [-0.4, -0.2) is 28.5 Å². The zero-order valence-electron chi connectivity index (χ0n) is 9.20. The number of nitrogens with zero attached hydrogens (tertiary/aromatic N) is 2. The van der Waals surface area contributed by atoms with E-state index in [0.717, 1.165) is 10.1 Å². The first-order valence-electron chi connectivity index (χ1n) is 5.58. The Bertz CT molecular complexity index is 520. The molecule has 1 fully saturated rings. The lowest BCUT2D eigenvalue weighted by molar-refractivity contribution is 0.313. The Morgan fingerprint density at radius 1 is 1.50 bits per heavy atom. The van der Waals surface area contributed by atoms with Crippen molar-refractivity contribution in [1.82, 2.24) is 14.9 Å². The maximum atomic E-state index is 4.25. The van der Waals surface area contributed by atoms with Crippen molar-refractivity contribution in [2.75, 3.05) is 13.6 Å². The maximum absolute atomic E-state index is 4.25. The van der Waals surface area contributed by atoms with Gasteiger partial charge >= 0.3 is 0 Å². The smallest absolute Gasteiger partial charge is 0.108 e. The molecule has 0 aliphatic carbocycles. The van der Waals surface area contributed by atoms with Crippen LogP contribution in [0.4, 0.5) is 0 Å². The van der Waals surface area contributed by atoms with E-state index in [1.54, 1.807) is 0 Å². The Hall–Kier alpha value is -0.870. The van der Waals surface area contributed by atoms with Crippen LogP contribution in [-0.2, 0) is 0 Å². The van der Waals surface area contributed by atoms with Crippen molar-refractivity contribution in [3.8, 4) is 0 Å². The third-order valence-corrected chi connectivity index (χ3v) is 3.80. The highest BCUT2D eigenvalue weighted by molar-refractivity contribution is 9.10. The van der Waals surface area contributed by atoms with Gasteiger partial charge in [0.05, 0.1) is 0 Å². The second-order valence-electron chi connectivity index (χ2n) is 4.46. The first kappa shape index (κ1) is 10.3. The molecule has 0 unspecified atom stereocenters. The molecule has 2 aromatic rings. The fraction of sp³-hybridized carbons (Fsp3) is 0.417. The van der Waals surface area contributed by atoms with Crippen LogP contribution in [0, 0.1) is 0 Å². The van der Waals surface area contributed by atoms with Crippen LogP contribution in [0.15, 0.2) is 22.9 Å². The Morgan fingerprint density at radius 2 is 2.38 bits per heavy atom. The highest BCUT2D eigenvalue weighted by Crippen LogP contribution is 2.31. The second kappa shape index (κ2) is 3.86. The van der Waals surface area contributed by atoms with Gasteiger partial charge in [0.25, 0.3) is 0 Å². The second-order valence-corrected chi connectivity index (χ2v) is 5.27. The van der Waals surface area contributed by atoms with Gasteiger partial charge in [0.2, 0.25) is 0 Å². The third kappa shape index (κ3) is 1.66. The number of pyridine rings is 1. The number of H-pyrrole nitrogens is 1. The summed E-state index contributed by atoms with van der Waals surface area (Å²) in [5, 5.41) is 1.19. The molecule has 84 valence electrons. The van der Waals surface area contributed by atoms with Crippen molar-refractivity contribution in [3.05, 3.63) is 28.6 Å². The number of aromatic nitrogens is 2. The van der Waals surface area contributed by atoms with Crippen LogP contribution < -0.4 is 0 Å². The molecule has 16 heavy (non-hydrogen) atoms. The molecule has 3 rings (SSSR count). The largest absolute Gasteiger partial charge is 0.357 e. The molecule has 2 aromatic heterocycles. The first-order chi connectivity index (χ1) is 7.74. The van der Waals surface area contributed by atoms with Crippen LogP contribution in [0.25, 0.3) is 10.9 Å². The summed E-state index contributed by atoms with van der Waals surface area (Å²) in [6.45, 7) is 1.20. The van der Waals surface area contributed by atoms with Crippen LogP contribution in [0.1, 0.15) is 24.6 Å². The molecule has 1 aliphatic rings. The molecule has 3 heterocycles. The van der Waals surface area contributed by atoms with E-state index in [1.807, 2.05) is 12.3 Å². The number of rotatable bonds is 1. The van der Waals surface area contributed by atoms with Gasteiger partial charge in [0, 0.05) is 28.8 Å². The van der Waals surface area contributed by atoms with Crippen molar-refractivity contribution in [2.24, 2.45) is 0 Å². The van der Waals surface area contributed by atoms with Gasteiger partial charge in [-0.25, -0.2) is 4.98 Å². The number of fused-ring (bicyclic) bond motifs is 1. The number of hydrogen-bond donors (Lipinski definition) is 1. The number of aromatic amines is 1. The van der Waals surface area contributed by atoms with Crippen LogP contribution in [0.2, 0.25) is 0 Å². The average Bonchev–Trinajstić information content (AvgIpc) is 2.82. The van der Waals surface area contributed by atoms with E-state index in [9.17, 15) is 0 Å². The van der Waals surface area contributed by atoms with Gasteiger partial charge in [0.1, 0.15) is 4.60 Å². The molecule has 1 atom stereocenters. The normalized spacial score (nSPS) is 22.0. The van der Waals surface area contributed by atoms with Crippen molar-refractivity contribution in [3.63, 3.8) is 0 Å². The molecule has 0 saturated carbocycles. The molecule has 3 nitrogen and oxygen atoms in total. The average molecular weight is 280 g/mol. The van der Waals surface area contributed by atoms with Crippen molar-refractivity contribution in [2.45, 2.75) is 18.9 Å². The number of nitrogens with one attached hydrogen (secondary N) is 1. The summed E-state index contributed by atoms with van der Waals surface area (Å²) in [7, 11) is 2.19. The summed E-state index contributed by atoms with van der Waals surface area (Å²) in [5.41, 5.74) is 2.48. The minimum absolute atomic E-state index is 0.547. The summed E-state index contributed by atoms with van der Waals surface area (Å²) in [6.07, 6.45) is 4.45. The van der Waals surface area contributed by atoms with E-state index in [4.69, 9.17) is 0 Å². The van der Waals surface area contributed by atoms with E-state index < -0.39 is 0 Å².